The van der Waals surface area contributed by atoms with Crippen LogP contribution in [-0.4, -0.2) is 4.98 Å². The smallest absolute Gasteiger partial charge is 0.0458 e. The Labute approximate surface area is 97.9 Å². The van der Waals surface area contributed by atoms with E-state index in [2.05, 4.69) is 43.1 Å². The molecule has 1 aromatic carbocycles. The lowest BCUT2D eigenvalue weighted by molar-refractivity contribution is 0.667. The van der Waals surface area contributed by atoms with Crippen LogP contribution in [0.4, 0.5) is 0 Å². The quantitative estimate of drug-likeness (QED) is 0.702. The predicted octanol–water partition coefficient (Wildman–Crippen LogP) is 4.60. The second-order valence-electron chi connectivity index (χ2n) is 4.58. The topological polar surface area (TPSA) is 15.8 Å². The highest BCUT2D eigenvalue weighted by Gasteiger charge is 2.06. The van der Waals surface area contributed by atoms with Gasteiger partial charge in [0, 0.05) is 16.6 Å². The van der Waals surface area contributed by atoms with Gasteiger partial charge in [-0.25, -0.2) is 0 Å². The van der Waals surface area contributed by atoms with Gasteiger partial charge in [-0.3, -0.25) is 0 Å². The van der Waals surface area contributed by atoms with E-state index in [1.165, 1.54) is 54.3 Å². The number of hydrogen-bond donors (Lipinski definition) is 1. The summed E-state index contributed by atoms with van der Waals surface area (Å²) in [5.41, 5.74) is 4.15. The van der Waals surface area contributed by atoms with Crippen molar-refractivity contribution in [3.63, 3.8) is 0 Å². The molecule has 0 radical (unpaired) electrons. The Morgan fingerprint density at radius 1 is 1.06 bits per heavy atom. The molecule has 0 spiro atoms. The summed E-state index contributed by atoms with van der Waals surface area (Å²) in [6.45, 7) is 4.45. The van der Waals surface area contributed by atoms with Crippen molar-refractivity contribution in [2.75, 3.05) is 0 Å². The van der Waals surface area contributed by atoms with Crippen LogP contribution in [-0.2, 0) is 6.42 Å². The normalized spacial score (nSPS) is 11.1. The second kappa shape index (κ2) is 5.20. The van der Waals surface area contributed by atoms with Crippen molar-refractivity contribution < 1.29 is 0 Å². The lowest BCUT2D eigenvalue weighted by Gasteiger charge is -2.01. The molecule has 0 saturated heterocycles. The fraction of sp³-hybridized carbons (Fsp3) is 0.467. The molecule has 2 rings (SSSR count). The SMILES string of the molecule is CCCCCCc1c(C)[nH]c2ccccc12. The number of benzene rings is 1. The number of aromatic nitrogens is 1. The minimum Gasteiger partial charge on any atom is -0.358 e. The first-order valence-electron chi connectivity index (χ1n) is 6.39. The van der Waals surface area contributed by atoms with Crippen LogP contribution in [0.15, 0.2) is 24.3 Å². The molecule has 0 bridgehead atoms. The number of H-pyrrole nitrogens is 1. The highest BCUT2D eigenvalue weighted by Crippen LogP contribution is 2.23. The van der Waals surface area contributed by atoms with Gasteiger partial charge in [-0.05, 0) is 31.4 Å². The van der Waals surface area contributed by atoms with Gasteiger partial charge < -0.3 is 4.98 Å². The van der Waals surface area contributed by atoms with Crippen LogP contribution < -0.4 is 0 Å². The van der Waals surface area contributed by atoms with Gasteiger partial charge in [0.15, 0.2) is 0 Å². The number of fused-ring (bicyclic) bond motifs is 1. The van der Waals surface area contributed by atoms with E-state index in [9.17, 15) is 0 Å². The molecule has 16 heavy (non-hydrogen) atoms. The molecule has 0 aliphatic heterocycles. The fourth-order valence-electron chi connectivity index (χ4n) is 2.39. The van der Waals surface area contributed by atoms with Crippen LogP contribution in [0, 0.1) is 6.92 Å². The van der Waals surface area contributed by atoms with Crippen molar-refractivity contribution in [1.29, 1.82) is 0 Å². The monoisotopic (exact) mass is 215 g/mol. The van der Waals surface area contributed by atoms with Gasteiger partial charge in [0.1, 0.15) is 0 Å². The maximum atomic E-state index is 3.47. The fourth-order valence-corrected chi connectivity index (χ4v) is 2.39. The van der Waals surface area contributed by atoms with Crippen LogP contribution in [0.1, 0.15) is 43.9 Å². The standard InChI is InChI=1S/C15H21N/c1-3-4-5-6-9-13-12(2)16-15-11-8-7-10-14(13)15/h7-8,10-11,16H,3-6,9H2,1-2H3. The molecule has 1 N–H and O–H groups in total. The second-order valence-corrected chi connectivity index (χ2v) is 4.58. The number of aryl methyl sites for hydroxylation is 2. The van der Waals surface area contributed by atoms with Gasteiger partial charge in [0.05, 0.1) is 0 Å². The van der Waals surface area contributed by atoms with E-state index in [-0.39, 0.29) is 0 Å². The highest BCUT2D eigenvalue weighted by atomic mass is 14.7. The molecular weight excluding hydrogens is 194 g/mol. The van der Waals surface area contributed by atoms with Crippen LogP contribution in [0.3, 0.4) is 0 Å². The lowest BCUT2D eigenvalue weighted by Crippen LogP contribution is -1.87. The number of aromatic amines is 1. The van der Waals surface area contributed by atoms with E-state index in [4.69, 9.17) is 0 Å². The Morgan fingerprint density at radius 3 is 2.69 bits per heavy atom. The van der Waals surface area contributed by atoms with E-state index in [0.29, 0.717) is 0 Å². The number of rotatable bonds is 5. The summed E-state index contributed by atoms with van der Waals surface area (Å²) < 4.78 is 0. The van der Waals surface area contributed by atoms with Crippen LogP contribution in [0.2, 0.25) is 0 Å². The molecule has 0 saturated carbocycles. The van der Waals surface area contributed by atoms with E-state index in [0.717, 1.165) is 0 Å². The Hall–Kier alpha value is -1.24. The molecule has 0 fully saturated rings. The van der Waals surface area contributed by atoms with Crippen molar-refractivity contribution in [3.8, 4) is 0 Å². The number of para-hydroxylation sites is 1. The molecule has 1 heterocycles. The molecule has 86 valence electrons. The van der Waals surface area contributed by atoms with Crippen molar-refractivity contribution in [1.82, 2.24) is 4.98 Å². The first kappa shape index (κ1) is 11.3. The zero-order valence-corrected chi connectivity index (χ0v) is 10.3. The molecular formula is C15H21N. The molecule has 1 aromatic heterocycles. The van der Waals surface area contributed by atoms with Crippen LogP contribution in [0.5, 0.6) is 0 Å². The van der Waals surface area contributed by atoms with E-state index < -0.39 is 0 Å². The third kappa shape index (κ3) is 2.29. The summed E-state index contributed by atoms with van der Waals surface area (Å²) in [6.07, 6.45) is 6.57. The first-order valence-corrected chi connectivity index (χ1v) is 6.39. The van der Waals surface area contributed by atoms with Gasteiger partial charge >= 0.3 is 0 Å². The van der Waals surface area contributed by atoms with E-state index in [1.807, 2.05) is 0 Å². The van der Waals surface area contributed by atoms with Gasteiger partial charge in [0.2, 0.25) is 0 Å². The highest BCUT2D eigenvalue weighted by molar-refractivity contribution is 5.84. The lowest BCUT2D eigenvalue weighted by atomic mass is 10.0. The maximum Gasteiger partial charge on any atom is 0.0458 e. The van der Waals surface area contributed by atoms with Crippen molar-refractivity contribution >= 4 is 10.9 Å². The average molecular weight is 215 g/mol. The van der Waals surface area contributed by atoms with Crippen LogP contribution >= 0.6 is 0 Å². The van der Waals surface area contributed by atoms with Gasteiger partial charge in [-0.15, -0.1) is 0 Å². The molecule has 0 aliphatic carbocycles. The summed E-state index contributed by atoms with van der Waals surface area (Å²) in [6, 6.07) is 8.62. The first-order chi connectivity index (χ1) is 7.83. The van der Waals surface area contributed by atoms with Crippen molar-refractivity contribution in [2.24, 2.45) is 0 Å². The van der Waals surface area contributed by atoms with Crippen LogP contribution in [0.25, 0.3) is 10.9 Å². The predicted molar refractivity (Wildman–Crippen MR) is 70.9 cm³/mol. The Morgan fingerprint density at radius 2 is 1.88 bits per heavy atom. The largest absolute Gasteiger partial charge is 0.358 e. The van der Waals surface area contributed by atoms with E-state index in [1.54, 1.807) is 0 Å². The molecule has 0 amide bonds. The third-order valence-electron chi connectivity index (χ3n) is 3.31. The zero-order valence-electron chi connectivity index (χ0n) is 10.3. The molecule has 1 heteroatoms. The van der Waals surface area contributed by atoms with Crippen molar-refractivity contribution in [2.45, 2.75) is 46.0 Å². The number of unbranched alkanes of at least 4 members (excludes halogenated alkanes) is 3. The Kier molecular flexibility index (Phi) is 3.66. The van der Waals surface area contributed by atoms with Gasteiger partial charge in [-0.1, -0.05) is 44.4 Å². The van der Waals surface area contributed by atoms with E-state index >= 15 is 0 Å². The van der Waals surface area contributed by atoms with Gasteiger partial charge in [0.25, 0.3) is 0 Å². The Bertz CT molecular complexity index is 453. The molecule has 0 aliphatic rings. The molecule has 0 unspecified atom stereocenters. The average Bonchev–Trinajstić information content (AvgIpc) is 2.61. The summed E-state index contributed by atoms with van der Waals surface area (Å²) in [5, 5.41) is 1.41. The molecule has 2 aromatic rings. The minimum atomic E-state index is 1.22. The number of hydrogen-bond acceptors (Lipinski definition) is 0. The number of nitrogens with one attached hydrogen (secondary N) is 1. The summed E-state index contributed by atoms with van der Waals surface area (Å²) in [5.74, 6) is 0. The van der Waals surface area contributed by atoms with Gasteiger partial charge in [-0.2, -0.15) is 0 Å². The zero-order chi connectivity index (χ0) is 11.4. The third-order valence-corrected chi connectivity index (χ3v) is 3.31. The maximum absolute atomic E-state index is 3.47. The summed E-state index contributed by atoms with van der Waals surface area (Å²) in [4.78, 5) is 3.47. The Balaban J connectivity index is 2.13. The molecule has 0 atom stereocenters. The van der Waals surface area contributed by atoms with Crippen molar-refractivity contribution in [3.05, 3.63) is 35.5 Å². The summed E-state index contributed by atoms with van der Waals surface area (Å²) in [7, 11) is 0. The minimum absolute atomic E-state index is 1.22. The molecule has 1 nitrogen and oxygen atoms in total. The summed E-state index contributed by atoms with van der Waals surface area (Å²) >= 11 is 0.